The summed E-state index contributed by atoms with van der Waals surface area (Å²) >= 11 is 0. The van der Waals surface area contributed by atoms with Crippen LogP contribution in [0.25, 0.3) is 11.2 Å². The van der Waals surface area contributed by atoms with Crippen LogP contribution in [0, 0.1) is 6.20 Å². The van der Waals surface area contributed by atoms with E-state index in [1.807, 2.05) is 6.07 Å². The Hall–Kier alpha value is 2.23. The minimum atomic E-state index is 0. The fraction of sp³-hybridized carbons (Fsp3) is 0. The largest absolute Gasteiger partial charge is 1.00 e. The molecule has 0 unspecified atom stereocenters. The predicted molar refractivity (Wildman–Crippen MR) is 31.7 cm³/mol. The van der Waals surface area contributed by atoms with Gasteiger partial charge in [-0.3, -0.25) is 0 Å². The summed E-state index contributed by atoms with van der Waals surface area (Å²) in [5.74, 6) is 0. The Morgan fingerprint density at radius 3 is 2.91 bits per heavy atom. The summed E-state index contributed by atoms with van der Waals surface area (Å²) in [5, 5.41) is 0. The van der Waals surface area contributed by atoms with Gasteiger partial charge in [0.25, 0.3) is 0 Å². The summed E-state index contributed by atoms with van der Waals surface area (Å²) in [6.07, 6.45) is 4.16. The van der Waals surface area contributed by atoms with Gasteiger partial charge in [-0.25, -0.2) is 0 Å². The van der Waals surface area contributed by atoms with E-state index in [-0.39, 0.29) is 116 Å². The first-order valence-corrected chi connectivity index (χ1v) is 2.57. The smallest absolute Gasteiger partial charge is 0.490 e. The second-order valence-electron chi connectivity index (χ2n) is 1.66. The standard InChI is InChI=1S/C6H3N3.2Rb/c1-2-5-6(7-3-1)9-4-8-5;;/h1-2,4H;;/q-2;2*+1. The number of aromatic nitrogens is 3. The third kappa shape index (κ3) is 3.46. The van der Waals surface area contributed by atoms with Crippen LogP contribution in [-0.2, 0) is 0 Å². The van der Waals surface area contributed by atoms with Gasteiger partial charge in [0.2, 0.25) is 0 Å². The molecule has 0 atom stereocenters. The number of rotatable bonds is 0. The van der Waals surface area contributed by atoms with E-state index in [0.717, 1.165) is 5.52 Å². The van der Waals surface area contributed by atoms with Crippen molar-refractivity contribution in [1.29, 1.82) is 0 Å². The first-order chi connectivity index (χ1) is 4.47. The Bertz CT molecular complexity index is 290. The minimum Gasteiger partial charge on any atom is -0.490 e. The monoisotopic (exact) mass is 287 g/mol. The molecule has 2 rings (SSSR count). The van der Waals surface area contributed by atoms with Crippen molar-refractivity contribution < 1.29 is 116 Å². The number of hydrogen-bond donors (Lipinski definition) is 0. The molecule has 0 aliphatic rings. The van der Waals surface area contributed by atoms with E-state index in [0.29, 0.717) is 5.65 Å². The van der Waals surface area contributed by atoms with E-state index in [4.69, 9.17) is 0 Å². The van der Waals surface area contributed by atoms with Crippen molar-refractivity contribution in [2.75, 3.05) is 0 Å². The van der Waals surface area contributed by atoms with Gasteiger partial charge in [0.1, 0.15) is 0 Å². The summed E-state index contributed by atoms with van der Waals surface area (Å²) < 4.78 is 0. The molecule has 0 bridgehead atoms. The van der Waals surface area contributed by atoms with Crippen molar-refractivity contribution >= 4 is 11.2 Å². The summed E-state index contributed by atoms with van der Waals surface area (Å²) in [6.45, 7) is 0. The molecule has 11 heavy (non-hydrogen) atoms. The van der Waals surface area contributed by atoms with Gasteiger partial charge in [0, 0.05) is 0 Å². The molecular weight excluding hydrogens is 285 g/mol. The van der Waals surface area contributed by atoms with Crippen LogP contribution >= 0.6 is 0 Å². The van der Waals surface area contributed by atoms with E-state index in [1.165, 1.54) is 6.33 Å². The van der Waals surface area contributed by atoms with Gasteiger partial charge in [-0.2, -0.15) is 12.1 Å². The molecule has 0 spiro atoms. The van der Waals surface area contributed by atoms with E-state index < -0.39 is 0 Å². The van der Waals surface area contributed by atoms with Crippen LogP contribution in [0.1, 0.15) is 0 Å². The van der Waals surface area contributed by atoms with Crippen molar-refractivity contribution in [2.45, 2.75) is 0 Å². The molecule has 0 aliphatic heterocycles. The van der Waals surface area contributed by atoms with E-state index in [2.05, 4.69) is 21.1 Å². The maximum atomic E-state index is 3.93. The SMILES string of the molecule is [Rb+].[Rb+].[c-]1ccc2[n-]cnc2n1. The predicted octanol–water partition coefficient (Wildman–Crippen LogP) is -5.60. The Labute approximate surface area is 162 Å². The zero-order valence-electron chi connectivity index (χ0n) is 6.57. The molecule has 0 N–H and O–H groups in total. The minimum absolute atomic E-state index is 0. The number of pyridine rings is 1. The summed E-state index contributed by atoms with van der Waals surface area (Å²) in [6, 6.07) is 3.55. The van der Waals surface area contributed by atoms with Crippen molar-refractivity contribution in [1.82, 2.24) is 15.0 Å². The quantitative estimate of drug-likeness (QED) is 0.454. The van der Waals surface area contributed by atoms with Crippen molar-refractivity contribution in [3.63, 3.8) is 0 Å². The normalized spacial score (nSPS) is 8.36. The van der Waals surface area contributed by atoms with Gasteiger partial charge in [-0.05, 0) is 0 Å². The number of nitrogens with zero attached hydrogens (tertiary/aromatic N) is 3. The maximum absolute atomic E-state index is 3.93. The molecule has 0 aliphatic carbocycles. The number of imidazole rings is 1. The van der Waals surface area contributed by atoms with Gasteiger partial charge in [-0.1, -0.05) is 11.8 Å². The molecule has 0 aromatic carbocycles. The molecule has 2 heterocycles. The first-order valence-electron chi connectivity index (χ1n) is 2.57. The van der Waals surface area contributed by atoms with Crippen LogP contribution in [0.15, 0.2) is 18.5 Å². The Morgan fingerprint density at radius 1 is 1.36 bits per heavy atom. The molecule has 3 nitrogen and oxygen atoms in total. The second-order valence-corrected chi connectivity index (χ2v) is 1.66. The summed E-state index contributed by atoms with van der Waals surface area (Å²) in [5.41, 5.74) is 1.49. The van der Waals surface area contributed by atoms with Gasteiger partial charge in [0.05, 0.1) is 0 Å². The van der Waals surface area contributed by atoms with Crippen LogP contribution < -0.4 is 121 Å². The fourth-order valence-corrected chi connectivity index (χ4v) is 0.688. The molecule has 0 amide bonds. The second kappa shape index (κ2) is 6.65. The number of fused-ring (bicyclic) bond motifs is 1. The Kier molecular flexibility index (Phi) is 8.00. The molecule has 44 valence electrons. The molecule has 0 saturated heterocycles. The summed E-state index contributed by atoms with van der Waals surface area (Å²) in [7, 11) is 0. The molecule has 5 heteroatoms. The maximum Gasteiger partial charge on any atom is 1.00 e. The van der Waals surface area contributed by atoms with E-state index >= 15 is 0 Å². The van der Waals surface area contributed by atoms with Gasteiger partial charge >= 0.3 is 116 Å². The molecule has 0 radical (unpaired) electrons. The molecular formula is C6H3N3Rb2. The fourth-order valence-electron chi connectivity index (χ4n) is 0.688. The van der Waals surface area contributed by atoms with Gasteiger partial charge in [-0.15, -0.1) is 11.8 Å². The first kappa shape index (κ1) is 13.2. The van der Waals surface area contributed by atoms with Crippen LogP contribution in [0.3, 0.4) is 0 Å². The van der Waals surface area contributed by atoms with Crippen LogP contribution in [0.5, 0.6) is 0 Å². The van der Waals surface area contributed by atoms with Gasteiger partial charge in [0.15, 0.2) is 0 Å². The molecule has 2 aromatic heterocycles. The van der Waals surface area contributed by atoms with Gasteiger partial charge < -0.3 is 15.0 Å². The summed E-state index contributed by atoms with van der Waals surface area (Å²) in [4.78, 5) is 11.6. The Morgan fingerprint density at radius 2 is 2.18 bits per heavy atom. The molecule has 2 aromatic rings. The van der Waals surface area contributed by atoms with Crippen molar-refractivity contribution in [2.24, 2.45) is 0 Å². The average molecular weight is 288 g/mol. The Balaban J connectivity index is 0.000000500. The van der Waals surface area contributed by atoms with Crippen LogP contribution in [0.2, 0.25) is 0 Å². The third-order valence-electron chi connectivity index (χ3n) is 1.09. The van der Waals surface area contributed by atoms with E-state index in [9.17, 15) is 0 Å². The average Bonchev–Trinajstić information content (AvgIpc) is 2.33. The van der Waals surface area contributed by atoms with Crippen molar-refractivity contribution in [3.8, 4) is 0 Å². The molecule has 0 saturated carbocycles. The molecule has 0 fully saturated rings. The van der Waals surface area contributed by atoms with Crippen molar-refractivity contribution in [3.05, 3.63) is 24.7 Å². The zero-order chi connectivity index (χ0) is 6.10. The third-order valence-corrected chi connectivity index (χ3v) is 1.09. The topological polar surface area (TPSA) is 39.9 Å². The zero-order valence-corrected chi connectivity index (χ0v) is 16.4. The number of hydrogen-bond acceptors (Lipinski definition) is 2. The van der Waals surface area contributed by atoms with Crippen LogP contribution in [-0.4, -0.2) is 9.97 Å². The van der Waals surface area contributed by atoms with Crippen LogP contribution in [0.4, 0.5) is 0 Å². The van der Waals surface area contributed by atoms with E-state index in [1.54, 1.807) is 6.07 Å².